The molecule has 7 nitrogen and oxygen atoms in total. The molecule has 0 saturated carbocycles. The van der Waals surface area contributed by atoms with Gasteiger partial charge >= 0.3 is 0 Å². The van der Waals surface area contributed by atoms with Crippen LogP contribution >= 0.6 is 11.3 Å². The van der Waals surface area contributed by atoms with Crippen molar-refractivity contribution in [2.24, 2.45) is 0 Å². The smallest absolute Gasteiger partial charge is 0.251 e. The zero-order valence-corrected chi connectivity index (χ0v) is 20.8. The van der Waals surface area contributed by atoms with E-state index in [1.807, 2.05) is 49.4 Å². The third-order valence-electron chi connectivity index (χ3n) is 6.51. The minimum atomic E-state index is -0.114. The molecule has 2 aromatic carbocycles. The maximum atomic E-state index is 13.2. The number of thiophene rings is 1. The first-order valence-electron chi connectivity index (χ1n) is 11.8. The summed E-state index contributed by atoms with van der Waals surface area (Å²) < 4.78 is 5.48. The number of rotatable bonds is 6. The molecule has 0 radical (unpaired) electrons. The second kappa shape index (κ2) is 10.1. The van der Waals surface area contributed by atoms with Gasteiger partial charge in [0.15, 0.2) is 5.82 Å². The van der Waals surface area contributed by atoms with Crippen molar-refractivity contribution < 1.29 is 9.53 Å². The number of nitrogen functional groups attached to an aromatic ring is 1. The van der Waals surface area contributed by atoms with Gasteiger partial charge in [0, 0.05) is 35.6 Å². The molecule has 0 spiro atoms. The van der Waals surface area contributed by atoms with Crippen molar-refractivity contribution in [1.29, 1.82) is 0 Å². The summed E-state index contributed by atoms with van der Waals surface area (Å²) in [5.41, 5.74) is 9.89. The van der Waals surface area contributed by atoms with E-state index in [1.54, 1.807) is 11.3 Å². The molecule has 4 aromatic rings. The van der Waals surface area contributed by atoms with E-state index >= 15 is 0 Å². The molecule has 1 fully saturated rings. The fourth-order valence-electron chi connectivity index (χ4n) is 4.38. The van der Waals surface area contributed by atoms with Crippen LogP contribution in [-0.2, 0) is 4.74 Å². The molecule has 5 rings (SSSR count). The topological polar surface area (TPSA) is 93.4 Å². The molecular weight excluding hydrogens is 458 g/mol. The number of nitrogens with one attached hydrogen (secondary N) is 1. The summed E-state index contributed by atoms with van der Waals surface area (Å²) in [5, 5.41) is 4.16. The highest BCUT2D eigenvalue weighted by atomic mass is 32.1. The average Bonchev–Trinajstić information content (AvgIpc) is 3.18. The van der Waals surface area contributed by atoms with Gasteiger partial charge in [0.05, 0.1) is 24.6 Å². The fraction of sp³-hybridized carbons (Fsp3) is 0.296. The zero-order chi connectivity index (χ0) is 24.4. The van der Waals surface area contributed by atoms with Gasteiger partial charge in [-0.2, -0.15) is 0 Å². The lowest BCUT2D eigenvalue weighted by atomic mass is 10.0. The fourth-order valence-corrected chi connectivity index (χ4v) is 5.42. The minimum absolute atomic E-state index is 0.112. The molecule has 1 aliphatic rings. The van der Waals surface area contributed by atoms with Crippen LogP contribution in [-0.4, -0.2) is 53.6 Å². The van der Waals surface area contributed by atoms with E-state index in [9.17, 15) is 4.79 Å². The molecule has 3 N–H and O–H groups in total. The van der Waals surface area contributed by atoms with Crippen LogP contribution in [0.25, 0.3) is 21.6 Å². The molecule has 3 heterocycles. The number of nitrogens with two attached hydrogens (primary N) is 1. The lowest BCUT2D eigenvalue weighted by molar-refractivity contribution is 0.0332. The summed E-state index contributed by atoms with van der Waals surface area (Å²) in [4.78, 5) is 26.8. The molecule has 35 heavy (non-hydrogen) atoms. The molecule has 0 bridgehead atoms. The molecule has 2 aromatic heterocycles. The molecule has 1 unspecified atom stereocenters. The van der Waals surface area contributed by atoms with Crippen molar-refractivity contribution in [2.75, 3.05) is 38.6 Å². The Morgan fingerprint density at radius 2 is 1.80 bits per heavy atom. The number of hydrogen-bond donors (Lipinski definition) is 2. The highest BCUT2D eigenvalue weighted by molar-refractivity contribution is 7.18. The van der Waals surface area contributed by atoms with Gasteiger partial charge < -0.3 is 15.8 Å². The Balaban J connectivity index is 1.35. The summed E-state index contributed by atoms with van der Waals surface area (Å²) >= 11 is 1.62. The standard InChI is InChI=1S/C27H29N5O2S/c1-17-18(2)35-27-23(17)24(28)30-25(31-27)20-8-10-21(11-9-20)26(33)29-22(19-6-4-3-5-7-19)16-32-12-14-34-15-13-32/h3-11,22H,12-16H2,1-2H3,(H,29,33)(H2,28,30,31). The van der Waals surface area contributed by atoms with Crippen LogP contribution in [0.5, 0.6) is 0 Å². The van der Waals surface area contributed by atoms with Crippen molar-refractivity contribution in [3.05, 3.63) is 76.2 Å². The molecule has 1 amide bonds. The van der Waals surface area contributed by atoms with E-state index in [1.165, 1.54) is 4.88 Å². The van der Waals surface area contributed by atoms with Crippen molar-refractivity contribution in [3.63, 3.8) is 0 Å². The van der Waals surface area contributed by atoms with Gasteiger partial charge in [-0.15, -0.1) is 11.3 Å². The lowest BCUT2D eigenvalue weighted by Gasteiger charge is -2.31. The molecule has 1 saturated heterocycles. The molecule has 8 heteroatoms. The molecule has 0 aliphatic carbocycles. The summed E-state index contributed by atoms with van der Waals surface area (Å²) in [6.45, 7) is 8.03. The lowest BCUT2D eigenvalue weighted by Crippen LogP contribution is -2.43. The number of carbonyl (C=O) groups excluding carboxylic acids is 1. The highest BCUT2D eigenvalue weighted by Crippen LogP contribution is 2.33. The van der Waals surface area contributed by atoms with Crippen molar-refractivity contribution >= 4 is 33.3 Å². The first kappa shape index (κ1) is 23.4. The van der Waals surface area contributed by atoms with Crippen LogP contribution in [0, 0.1) is 13.8 Å². The maximum Gasteiger partial charge on any atom is 0.251 e. The van der Waals surface area contributed by atoms with Gasteiger partial charge in [0.2, 0.25) is 0 Å². The van der Waals surface area contributed by atoms with Gasteiger partial charge in [-0.05, 0) is 37.1 Å². The second-order valence-electron chi connectivity index (χ2n) is 8.82. The number of fused-ring (bicyclic) bond motifs is 1. The summed E-state index contributed by atoms with van der Waals surface area (Å²) in [6, 6.07) is 17.4. The van der Waals surface area contributed by atoms with Crippen molar-refractivity contribution in [1.82, 2.24) is 20.2 Å². The van der Waals surface area contributed by atoms with Gasteiger partial charge in [0.1, 0.15) is 10.6 Å². The Labute approximate surface area is 209 Å². The SMILES string of the molecule is Cc1sc2nc(-c3ccc(C(=O)NC(CN4CCOCC4)c4ccccc4)cc3)nc(N)c2c1C. The Morgan fingerprint density at radius 3 is 2.51 bits per heavy atom. The molecule has 1 atom stereocenters. The van der Waals surface area contributed by atoms with Crippen LogP contribution < -0.4 is 11.1 Å². The van der Waals surface area contributed by atoms with E-state index < -0.39 is 0 Å². The van der Waals surface area contributed by atoms with Crippen LogP contribution in [0.2, 0.25) is 0 Å². The number of hydrogen-bond acceptors (Lipinski definition) is 7. The van der Waals surface area contributed by atoms with E-state index in [-0.39, 0.29) is 11.9 Å². The summed E-state index contributed by atoms with van der Waals surface area (Å²) in [6.07, 6.45) is 0. The number of aryl methyl sites for hydroxylation is 2. The van der Waals surface area contributed by atoms with Crippen LogP contribution in [0.15, 0.2) is 54.6 Å². The number of ether oxygens (including phenoxy) is 1. The average molecular weight is 488 g/mol. The Kier molecular flexibility index (Phi) is 6.77. The first-order chi connectivity index (χ1) is 17.0. The van der Waals surface area contributed by atoms with Gasteiger partial charge in [-0.1, -0.05) is 42.5 Å². The first-order valence-corrected chi connectivity index (χ1v) is 12.6. The number of benzene rings is 2. The largest absolute Gasteiger partial charge is 0.383 e. The number of aromatic nitrogens is 2. The highest BCUT2D eigenvalue weighted by Gasteiger charge is 2.21. The van der Waals surface area contributed by atoms with Crippen LogP contribution in [0.4, 0.5) is 5.82 Å². The van der Waals surface area contributed by atoms with E-state index in [4.69, 9.17) is 15.5 Å². The maximum absolute atomic E-state index is 13.2. The second-order valence-corrected chi connectivity index (χ2v) is 10.0. The summed E-state index contributed by atoms with van der Waals surface area (Å²) in [7, 11) is 0. The zero-order valence-electron chi connectivity index (χ0n) is 20.0. The number of amides is 1. The predicted molar refractivity (Wildman–Crippen MR) is 141 cm³/mol. The van der Waals surface area contributed by atoms with E-state index in [0.29, 0.717) is 17.2 Å². The van der Waals surface area contributed by atoms with Crippen LogP contribution in [0.3, 0.4) is 0 Å². The number of morpholine rings is 1. The van der Waals surface area contributed by atoms with Crippen molar-refractivity contribution in [3.8, 4) is 11.4 Å². The van der Waals surface area contributed by atoms with E-state index in [0.717, 1.165) is 59.8 Å². The number of carbonyl (C=O) groups is 1. The third kappa shape index (κ3) is 5.05. The number of anilines is 1. The van der Waals surface area contributed by atoms with E-state index in [2.05, 4.69) is 34.3 Å². The monoisotopic (exact) mass is 487 g/mol. The molecule has 1 aliphatic heterocycles. The Hall–Kier alpha value is -3.33. The van der Waals surface area contributed by atoms with Crippen LogP contribution in [0.1, 0.15) is 32.4 Å². The minimum Gasteiger partial charge on any atom is -0.383 e. The predicted octanol–water partition coefficient (Wildman–Crippen LogP) is 4.36. The van der Waals surface area contributed by atoms with Gasteiger partial charge in [0.25, 0.3) is 5.91 Å². The normalized spacial score (nSPS) is 15.3. The Bertz CT molecular complexity index is 1330. The quantitative estimate of drug-likeness (QED) is 0.420. The number of nitrogens with zero attached hydrogens (tertiary/aromatic N) is 3. The summed E-state index contributed by atoms with van der Waals surface area (Å²) in [5.74, 6) is 0.944. The Morgan fingerprint density at radius 1 is 1.09 bits per heavy atom. The van der Waals surface area contributed by atoms with Crippen molar-refractivity contribution in [2.45, 2.75) is 19.9 Å². The van der Waals surface area contributed by atoms with Gasteiger partial charge in [-0.3, -0.25) is 9.69 Å². The van der Waals surface area contributed by atoms with Gasteiger partial charge in [-0.25, -0.2) is 9.97 Å². The molecular formula is C27H29N5O2S. The third-order valence-corrected chi connectivity index (χ3v) is 7.61. The molecule has 180 valence electrons.